The number of carbonyl (C=O) groups is 2. The van der Waals surface area contributed by atoms with Gasteiger partial charge >= 0.3 is 0 Å². The first-order chi connectivity index (χ1) is 13.3. The molecule has 2 aromatic rings. The van der Waals surface area contributed by atoms with Crippen LogP contribution in [0.1, 0.15) is 22.5 Å². The first-order valence-electron chi connectivity index (χ1n) is 9.22. The highest BCUT2D eigenvalue weighted by atomic mass is 35.5. The van der Waals surface area contributed by atoms with Crippen molar-refractivity contribution in [3.05, 3.63) is 33.4 Å². The maximum atomic E-state index is 14.1. The highest BCUT2D eigenvalue weighted by Gasteiger charge is 2.40. The van der Waals surface area contributed by atoms with Crippen LogP contribution in [0.2, 0.25) is 10.0 Å². The molecule has 0 spiro atoms. The fourth-order valence-corrected chi connectivity index (χ4v) is 4.31. The zero-order chi connectivity index (χ0) is 20.1. The van der Waals surface area contributed by atoms with E-state index in [1.54, 1.807) is 9.80 Å². The van der Waals surface area contributed by atoms with Crippen LogP contribution in [0.3, 0.4) is 0 Å². The molecule has 2 aliphatic heterocycles. The van der Waals surface area contributed by atoms with Crippen molar-refractivity contribution in [2.45, 2.75) is 19.0 Å². The molecule has 0 atom stereocenters. The van der Waals surface area contributed by atoms with Crippen LogP contribution in [0.15, 0.2) is 12.1 Å². The summed E-state index contributed by atoms with van der Waals surface area (Å²) in [6.07, 6.45) is -0.111. The second kappa shape index (κ2) is 7.21. The van der Waals surface area contributed by atoms with Gasteiger partial charge in [-0.15, -0.1) is 0 Å². The normalized spacial score (nSPS) is 19.0. The molecule has 6 nitrogen and oxygen atoms in total. The van der Waals surface area contributed by atoms with E-state index < -0.39 is 5.67 Å². The predicted molar refractivity (Wildman–Crippen MR) is 107 cm³/mol. The number of H-pyrrole nitrogens is 1. The maximum absolute atomic E-state index is 14.1. The molecule has 3 heterocycles. The lowest BCUT2D eigenvalue weighted by Crippen LogP contribution is -2.59. The van der Waals surface area contributed by atoms with Gasteiger partial charge in [-0.3, -0.25) is 9.59 Å². The zero-order valence-electron chi connectivity index (χ0n) is 15.4. The Kier molecular flexibility index (Phi) is 5.02. The van der Waals surface area contributed by atoms with Crippen LogP contribution < -0.4 is 5.32 Å². The van der Waals surface area contributed by atoms with Gasteiger partial charge in [0.25, 0.3) is 5.91 Å². The number of hydrogen-bond acceptors (Lipinski definition) is 3. The third kappa shape index (κ3) is 3.36. The molecule has 1 aromatic heterocycles. The third-order valence-corrected chi connectivity index (χ3v) is 6.38. The van der Waals surface area contributed by atoms with Crippen LogP contribution in [0, 0.1) is 6.92 Å². The van der Waals surface area contributed by atoms with Crippen molar-refractivity contribution in [3.8, 4) is 0 Å². The van der Waals surface area contributed by atoms with E-state index in [1.165, 1.54) is 0 Å². The first kappa shape index (κ1) is 19.5. The Morgan fingerprint density at radius 3 is 2.36 bits per heavy atom. The summed E-state index contributed by atoms with van der Waals surface area (Å²) >= 11 is 12.8. The minimum Gasteiger partial charge on any atom is -0.349 e. The van der Waals surface area contributed by atoms with Crippen LogP contribution in [-0.2, 0) is 4.79 Å². The summed E-state index contributed by atoms with van der Waals surface area (Å²) in [6, 6.07) is 3.71. The molecule has 2 fully saturated rings. The predicted octanol–water partition coefficient (Wildman–Crippen LogP) is 2.77. The van der Waals surface area contributed by atoms with Gasteiger partial charge in [0.15, 0.2) is 0 Å². The van der Waals surface area contributed by atoms with Gasteiger partial charge in [-0.05, 0) is 18.6 Å². The summed E-state index contributed by atoms with van der Waals surface area (Å²) in [5, 5.41) is 4.33. The van der Waals surface area contributed by atoms with Gasteiger partial charge in [0.1, 0.15) is 11.4 Å². The van der Waals surface area contributed by atoms with Gasteiger partial charge in [0.05, 0.1) is 16.5 Å². The van der Waals surface area contributed by atoms with Crippen molar-refractivity contribution in [1.29, 1.82) is 0 Å². The SMILES string of the molecule is Cc1ccc2[nH]c(C(=O)N3CCN(C(=O)CC4(F)CNC4)CC3)c(Cl)c2c1Cl. The Balaban J connectivity index is 1.44. The lowest BCUT2D eigenvalue weighted by molar-refractivity contribution is -0.136. The highest BCUT2D eigenvalue weighted by Crippen LogP contribution is 2.35. The number of piperazine rings is 1. The van der Waals surface area contributed by atoms with E-state index in [1.807, 2.05) is 19.1 Å². The standard InChI is InChI=1S/C19H21Cl2FN4O2/c1-11-2-3-12-14(15(11)20)16(21)17(24-12)18(28)26-6-4-25(5-7-26)13(27)8-19(22)9-23-10-19/h2-3,23-24H,4-10H2,1H3. The topological polar surface area (TPSA) is 68.4 Å². The molecule has 0 radical (unpaired) electrons. The van der Waals surface area contributed by atoms with E-state index in [4.69, 9.17) is 23.2 Å². The molecular formula is C19H21Cl2FN4O2. The summed E-state index contributed by atoms with van der Waals surface area (Å²) in [7, 11) is 0. The second-order valence-electron chi connectivity index (χ2n) is 7.54. The van der Waals surface area contributed by atoms with Crippen LogP contribution in [-0.4, -0.2) is 71.5 Å². The zero-order valence-corrected chi connectivity index (χ0v) is 17.0. The number of aryl methyl sites for hydroxylation is 1. The lowest BCUT2D eigenvalue weighted by atomic mass is 9.94. The number of aromatic nitrogens is 1. The number of amides is 2. The van der Waals surface area contributed by atoms with Crippen molar-refractivity contribution in [3.63, 3.8) is 0 Å². The Bertz CT molecular complexity index is 949. The molecule has 0 bridgehead atoms. The Morgan fingerprint density at radius 2 is 1.75 bits per heavy atom. The molecule has 0 saturated carbocycles. The number of fused-ring (bicyclic) bond motifs is 1. The lowest BCUT2D eigenvalue weighted by Gasteiger charge is -2.38. The van der Waals surface area contributed by atoms with Crippen LogP contribution in [0.5, 0.6) is 0 Å². The number of hydrogen-bond donors (Lipinski definition) is 2. The maximum Gasteiger partial charge on any atom is 0.271 e. The fourth-order valence-electron chi connectivity index (χ4n) is 3.68. The minimum absolute atomic E-state index is 0.111. The quantitative estimate of drug-likeness (QED) is 0.792. The molecule has 2 N–H and O–H groups in total. The van der Waals surface area contributed by atoms with Crippen LogP contribution in [0.4, 0.5) is 4.39 Å². The van der Waals surface area contributed by atoms with E-state index in [0.717, 1.165) is 5.56 Å². The average Bonchev–Trinajstić information content (AvgIpc) is 3.00. The van der Waals surface area contributed by atoms with Gasteiger partial charge in [-0.25, -0.2) is 4.39 Å². The van der Waals surface area contributed by atoms with Gasteiger partial charge < -0.3 is 20.1 Å². The van der Waals surface area contributed by atoms with E-state index in [-0.39, 0.29) is 31.3 Å². The molecule has 0 aliphatic carbocycles. The second-order valence-corrected chi connectivity index (χ2v) is 8.29. The Labute approximate surface area is 171 Å². The number of carbonyl (C=O) groups excluding carboxylic acids is 2. The molecule has 150 valence electrons. The van der Waals surface area contributed by atoms with Crippen molar-refractivity contribution in [2.24, 2.45) is 0 Å². The molecular weight excluding hydrogens is 406 g/mol. The van der Waals surface area contributed by atoms with Crippen LogP contribution >= 0.6 is 23.2 Å². The number of nitrogens with zero attached hydrogens (tertiary/aromatic N) is 2. The summed E-state index contributed by atoms with van der Waals surface area (Å²) in [4.78, 5) is 31.6. The largest absolute Gasteiger partial charge is 0.349 e. The van der Waals surface area contributed by atoms with Crippen molar-refractivity contribution in [1.82, 2.24) is 20.1 Å². The molecule has 9 heteroatoms. The van der Waals surface area contributed by atoms with E-state index in [9.17, 15) is 14.0 Å². The number of nitrogens with one attached hydrogen (secondary N) is 2. The molecule has 4 rings (SSSR count). The Morgan fingerprint density at radius 1 is 1.11 bits per heavy atom. The van der Waals surface area contributed by atoms with Crippen LogP contribution in [0.25, 0.3) is 10.9 Å². The van der Waals surface area contributed by atoms with E-state index in [2.05, 4.69) is 10.3 Å². The number of rotatable bonds is 3. The number of aromatic amines is 1. The molecule has 28 heavy (non-hydrogen) atoms. The molecule has 2 amide bonds. The molecule has 2 saturated heterocycles. The van der Waals surface area contributed by atoms with Gasteiger partial charge in [-0.2, -0.15) is 0 Å². The Hall–Kier alpha value is -1.83. The summed E-state index contributed by atoms with van der Waals surface area (Å²) in [5.74, 6) is -0.436. The summed E-state index contributed by atoms with van der Waals surface area (Å²) in [5.41, 5.74) is 0.458. The fraction of sp³-hybridized carbons (Fsp3) is 0.474. The van der Waals surface area contributed by atoms with Crippen molar-refractivity contribution >= 4 is 45.9 Å². The first-order valence-corrected chi connectivity index (χ1v) is 9.98. The number of alkyl halides is 1. The molecule has 1 aromatic carbocycles. The highest BCUT2D eigenvalue weighted by molar-refractivity contribution is 6.44. The number of benzene rings is 1. The average molecular weight is 427 g/mol. The van der Waals surface area contributed by atoms with Gasteiger partial charge in [0.2, 0.25) is 5.91 Å². The van der Waals surface area contributed by atoms with Gasteiger partial charge in [0, 0.05) is 50.2 Å². The molecule has 0 unspecified atom stereocenters. The smallest absolute Gasteiger partial charge is 0.271 e. The minimum atomic E-state index is -1.43. The van der Waals surface area contributed by atoms with Crippen molar-refractivity contribution in [2.75, 3.05) is 39.3 Å². The number of halogens is 3. The van der Waals surface area contributed by atoms with E-state index >= 15 is 0 Å². The molecule has 2 aliphatic rings. The summed E-state index contributed by atoms with van der Waals surface area (Å²) < 4.78 is 14.1. The van der Waals surface area contributed by atoms with Gasteiger partial charge in [-0.1, -0.05) is 29.3 Å². The van der Waals surface area contributed by atoms with Crippen molar-refractivity contribution < 1.29 is 14.0 Å². The van der Waals surface area contributed by atoms with E-state index in [0.29, 0.717) is 52.8 Å². The third-order valence-electron chi connectivity index (χ3n) is 5.52. The summed E-state index contributed by atoms with van der Waals surface area (Å²) in [6.45, 7) is 3.83. The monoisotopic (exact) mass is 426 g/mol.